The first-order chi connectivity index (χ1) is 6.74. The predicted molar refractivity (Wildman–Crippen MR) is 48.6 cm³/mol. The van der Waals surface area contributed by atoms with Crippen molar-refractivity contribution in [3.05, 3.63) is 17.5 Å². The molecule has 14 heavy (non-hydrogen) atoms. The van der Waals surface area contributed by atoms with E-state index >= 15 is 0 Å². The molecule has 5 nitrogen and oxygen atoms in total. The van der Waals surface area contributed by atoms with E-state index in [0.717, 1.165) is 0 Å². The largest absolute Gasteiger partial charge is 0.476 e. The third kappa shape index (κ3) is 2.92. The maximum absolute atomic E-state index is 10.4. The highest BCUT2D eigenvalue weighted by molar-refractivity contribution is 5.85. The number of aromatic nitrogens is 1. The Bertz CT molecular complexity index is 351. The molecule has 0 unspecified atom stereocenters. The van der Waals surface area contributed by atoms with Crippen molar-refractivity contribution in [2.45, 2.75) is 13.0 Å². The highest BCUT2D eigenvalue weighted by atomic mass is 16.5. The molecule has 1 aromatic heterocycles. The number of aromatic carboxylic acids is 1. The fourth-order valence-electron chi connectivity index (χ4n) is 0.869. The second-order valence-corrected chi connectivity index (χ2v) is 2.61. The van der Waals surface area contributed by atoms with Crippen LogP contribution in [0.15, 0.2) is 10.6 Å². The summed E-state index contributed by atoms with van der Waals surface area (Å²) in [6.45, 7) is 1.10. The molecule has 0 saturated carbocycles. The summed E-state index contributed by atoms with van der Waals surface area (Å²) in [5, 5.41) is 14.9. The van der Waals surface area contributed by atoms with Crippen LogP contribution in [0.4, 0.5) is 0 Å². The molecule has 0 aliphatic heterocycles. The van der Waals surface area contributed by atoms with Gasteiger partial charge in [0.1, 0.15) is 0 Å². The molecule has 0 amide bonds. The Labute approximate surface area is 81.1 Å². The summed E-state index contributed by atoms with van der Waals surface area (Å²) >= 11 is 0. The number of rotatable bonds is 5. The molecule has 0 bridgehead atoms. The van der Waals surface area contributed by atoms with Crippen LogP contribution in [0.25, 0.3) is 0 Å². The van der Waals surface area contributed by atoms with E-state index in [1.54, 1.807) is 0 Å². The average molecular weight is 194 g/mol. The van der Waals surface area contributed by atoms with Crippen LogP contribution in [0.1, 0.15) is 22.7 Å². The van der Waals surface area contributed by atoms with Gasteiger partial charge in [-0.25, -0.2) is 4.79 Å². The number of carboxylic acids is 1. The van der Waals surface area contributed by atoms with Crippen LogP contribution in [0, 0.1) is 12.3 Å². The van der Waals surface area contributed by atoms with E-state index in [9.17, 15) is 4.79 Å². The second kappa shape index (κ2) is 5.04. The minimum absolute atomic E-state index is 0.0845. The fourth-order valence-corrected chi connectivity index (χ4v) is 0.869. The number of hydrogen-bond donors (Lipinski definition) is 2. The molecular weight excluding hydrogens is 184 g/mol. The van der Waals surface area contributed by atoms with E-state index in [1.807, 2.05) is 0 Å². The number of nitrogens with zero attached hydrogens (tertiary/aromatic N) is 1. The Morgan fingerprint density at radius 2 is 2.57 bits per heavy atom. The van der Waals surface area contributed by atoms with Crippen molar-refractivity contribution >= 4 is 5.97 Å². The molecule has 2 N–H and O–H groups in total. The molecule has 0 fully saturated rings. The minimum Gasteiger partial charge on any atom is -0.476 e. The number of nitrogens with one attached hydrogen (secondary N) is 1. The maximum atomic E-state index is 10.4. The first-order valence-corrected chi connectivity index (χ1v) is 4.07. The molecule has 1 heterocycles. The van der Waals surface area contributed by atoms with Crippen molar-refractivity contribution in [1.82, 2.24) is 10.5 Å². The second-order valence-electron chi connectivity index (χ2n) is 2.61. The van der Waals surface area contributed by atoms with Gasteiger partial charge in [0.2, 0.25) is 0 Å². The molecule has 0 atom stereocenters. The van der Waals surface area contributed by atoms with Gasteiger partial charge in [-0.05, 0) is 0 Å². The zero-order chi connectivity index (χ0) is 10.4. The number of carbonyl (C=O) groups is 1. The third-order valence-electron chi connectivity index (χ3n) is 1.52. The highest BCUT2D eigenvalue weighted by Crippen LogP contribution is 2.02. The summed E-state index contributed by atoms with van der Waals surface area (Å²) in [7, 11) is 0. The van der Waals surface area contributed by atoms with Crippen LogP contribution in [0.5, 0.6) is 0 Å². The van der Waals surface area contributed by atoms with Crippen LogP contribution in [-0.4, -0.2) is 22.8 Å². The topological polar surface area (TPSA) is 75.4 Å². The van der Waals surface area contributed by atoms with Gasteiger partial charge >= 0.3 is 5.97 Å². The summed E-state index contributed by atoms with van der Waals surface area (Å²) in [6, 6.07) is 1.38. The van der Waals surface area contributed by atoms with Gasteiger partial charge in [-0.15, -0.1) is 12.3 Å². The molecule has 0 aromatic carbocycles. The molecule has 0 saturated heterocycles. The van der Waals surface area contributed by atoms with Crippen molar-refractivity contribution < 1.29 is 14.4 Å². The number of terminal acetylenes is 1. The van der Waals surface area contributed by atoms with Gasteiger partial charge in [0.25, 0.3) is 0 Å². The van der Waals surface area contributed by atoms with E-state index < -0.39 is 5.97 Å². The lowest BCUT2D eigenvalue weighted by Crippen LogP contribution is -2.13. The molecule has 0 spiro atoms. The quantitative estimate of drug-likeness (QED) is 0.527. The van der Waals surface area contributed by atoms with Crippen molar-refractivity contribution in [2.75, 3.05) is 6.54 Å². The van der Waals surface area contributed by atoms with Crippen LogP contribution in [0.2, 0.25) is 0 Å². The van der Waals surface area contributed by atoms with Gasteiger partial charge in [0, 0.05) is 19.0 Å². The summed E-state index contributed by atoms with van der Waals surface area (Å²) in [5.74, 6) is 1.87. The number of hydrogen-bond acceptors (Lipinski definition) is 4. The first kappa shape index (κ1) is 10.3. The van der Waals surface area contributed by atoms with Gasteiger partial charge in [0.15, 0.2) is 11.5 Å². The summed E-state index contributed by atoms with van der Waals surface area (Å²) in [5.41, 5.74) is -0.0845. The van der Waals surface area contributed by atoms with Crippen molar-refractivity contribution in [3.8, 4) is 12.3 Å². The predicted octanol–water partition coefficient (Wildman–Crippen LogP) is 0.486. The lowest BCUT2D eigenvalue weighted by Gasteiger charge is -1.96. The molecule has 74 valence electrons. The molecule has 5 heteroatoms. The van der Waals surface area contributed by atoms with Crippen molar-refractivity contribution in [1.29, 1.82) is 0 Å². The summed E-state index contributed by atoms with van der Waals surface area (Å²) in [6.07, 6.45) is 5.67. The smallest absolute Gasteiger partial charge is 0.358 e. The van der Waals surface area contributed by atoms with Crippen LogP contribution < -0.4 is 5.32 Å². The fraction of sp³-hybridized carbons (Fsp3) is 0.333. The molecule has 0 aliphatic carbocycles. The van der Waals surface area contributed by atoms with Crippen LogP contribution >= 0.6 is 0 Å². The lowest BCUT2D eigenvalue weighted by atomic mass is 10.3. The first-order valence-electron chi connectivity index (χ1n) is 4.07. The Hall–Kier alpha value is -1.80. The van der Waals surface area contributed by atoms with Crippen molar-refractivity contribution in [3.63, 3.8) is 0 Å². The Morgan fingerprint density at radius 1 is 1.79 bits per heavy atom. The van der Waals surface area contributed by atoms with E-state index in [-0.39, 0.29) is 5.69 Å². The van der Waals surface area contributed by atoms with Gasteiger partial charge in [-0.2, -0.15) is 0 Å². The van der Waals surface area contributed by atoms with E-state index in [4.69, 9.17) is 16.1 Å². The van der Waals surface area contributed by atoms with Crippen LogP contribution in [0.3, 0.4) is 0 Å². The Kier molecular flexibility index (Phi) is 3.70. The van der Waals surface area contributed by atoms with Crippen molar-refractivity contribution in [2.24, 2.45) is 0 Å². The molecule has 0 radical (unpaired) electrons. The van der Waals surface area contributed by atoms with E-state index in [2.05, 4.69) is 16.4 Å². The molecular formula is C9H10N2O3. The van der Waals surface area contributed by atoms with Gasteiger partial charge in [-0.1, -0.05) is 5.16 Å². The standard InChI is InChI=1S/C9H10N2O3/c1-2-3-4-10-6-7-5-8(9(12)13)11-14-7/h1,5,10H,3-4,6H2,(H,12,13). The Morgan fingerprint density at radius 3 is 3.14 bits per heavy atom. The molecule has 0 aliphatic rings. The van der Waals surface area contributed by atoms with E-state index in [0.29, 0.717) is 25.3 Å². The lowest BCUT2D eigenvalue weighted by molar-refractivity contribution is 0.0685. The van der Waals surface area contributed by atoms with Crippen LogP contribution in [-0.2, 0) is 6.54 Å². The third-order valence-corrected chi connectivity index (χ3v) is 1.52. The maximum Gasteiger partial charge on any atom is 0.358 e. The SMILES string of the molecule is C#CCCNCc1cc(C(=O)O)no1. The highest BCUT2D eigenvalue weighted by Gasteiger charge is 2.09. The number of carboxylic acid groups (broad SMARTS) is 1. The minimum atomic E-state index is -1.09. The van der Waals surface area contributed by atoms with E-state index in [1.165, 1.54) is 6.07 Å². The Balaban J connectivity index is 2.37. The summed E-state index contributed by atoms with van der Waals surface area (Å²) < 4.78 is 4.76. The zero-order valence-corrected chi connectivity index (χ0v) is 7.49. The van der Waals surface area contributed by atoms with Gasteiger partial charge in [0.05, 0.1) is 6.54 Å². The summed E-state index contributed by atoms with van der Waals surface area (Å²) in [4.78, 5) is 10.4. The van der Waals surface area contributed by atoms with Gasteiger partial charge < -0.3 is 14.9 Å². The van der Waals surface area contributed by atoms with Gasteiger partial charge in [-0.3, -0.25) is 0 Å². The molecule has 1 aromatic rings. The monoisotopic (exact) mass is 194 g/mol. The molecule has 1 rings (SSSR count). The zero-order valence-electron chi connectivity index (χ0n) is 7.49. The normalized spacial score (nSPS) is 9.64. The average Bonchev–Trinajstić information content (AvgIpc) is 2.61.